The third kappa shape index (κ3) is 3.84. The molecule has 0 aliphatic heterocycles. The van der Waals surface area contributed by atoms with E-state index in [0.717, 1.165) is 67.3 Å². The van der Waals surface area contributed by atoms with Gasteiger partial charge in [-0.25, -0.2) is 4.57 Å². The van der Waals surface area contributed by atoms with Crippen LogP contribution in [0.1, 0.15) is 47.8 Å². The van der Waals surface area contributed by atoms with Gasteiger partial charge in [-0.1, -0.05) is 50.2 Å². The normalized spacial score (nSPS) is 12.1. The third-order valence-corrected chi connectivity index (χ3v) is 9.72. The summed E-state index contributed by atoms with van der Waals surface area (Å²) in [5.74, 6) is 1.82. The van der Waals surface area contributed by atoms with Gasteiger partial charge < -0.3 is 4.74 Å². The Labute approximate surface area is 267 Å². The Bertz CT molecular complexity index is 2550. The smallest absolute Gasteiger partial charge is 0.297 e. The standard InChI is InChI=1S/C39H38N6O/c1-22(2)28-15-13-19-32-35(28)36-34(39-42(7)30-17-11-12-18-31(30)45(32)39)23(3)33(20-40-36)46-38-24(4)37(25(5)41-26(38)6)44-21-27-14-9-10-16-29(27)43(44)8/h9-22H,1-8H3/q+2. The molecule has 0 aliphatic rings. The molecule has 0 saturated carbocycles. The maximum atomic E-state index is 6.90. The van der Waals surface area contributed by atoms with E-state index >= 15 is 0 Å². The summed E-state index contributed by atoms with van der Waals surface area (Å²) in [6.45, 7) is 12.9. The van der Waals surface area contributed by atoms with Crippen molar-refractivity contribution in [2.75, 3.05) is 0 Å². The lowest BCUT2D eigenvalue weighted by molar-refractivity contribution is -0.720. The minimum atomic E-state index is 0.340. The summed E-state index contributed by atoms with van der Waals surface area (Å²) < 4.78 is 15.9. The zero-order valence-electron chi connectivity index (χ0n) is 27.7. The van der Waals surface area contributed by atoms with E-state index in [-0.39, 0.29) is 0 Å². The number of nitrogens with zero attached hydrogens (tertiary/aromatic N) is 6. The van der Waals surface area contributed by atoms with E-state index in [2.05, 4.69) is 140 Å². The molecule has 0 N–H and O–H groups in total. The first-order valence-electron chi connectivity index (χ1n) is 15.9. The van der Waals surface area contributed by atoms with Crippen molar-refractivity contribution in [3.05, 3.63) is 107 Å². The minimum absolute atomic E-state index is 0.340. The van der Waals surface area contributed by atoms with Gasteiger partial charge in [0.2, 0.25) is 5.52 Å². The molecule has 3 aromatic carbocycles. The highest BCUT2D eigenvalue weighted by Crippen LogP contribution is 2.40. The Hall–Kier alpha value is -5.30. The zero-order chi connectivity index (χ0) is 32.0. The summed E-state index contributed by atoms with van der Waals surface area (Å²) >= 11 is 0. The van der Waals surface area contributed by atoms with Gasteiger partial charge in [0, 0.05) is 17.2 Å². The summed E-state index contributed by atoms with van der Waals surface area (Å²) in [5, 5.41) is 3.45. The molecule has 0 spiro atoms. The number of aryl methyl sites for hydroxylation is 5. The van der Waals surface area contributed by atoms with Gasteiger partial charge in [-0.05, 0) is 63.4 Å². The van der Waals surface area contributed by atoms with Crippen LogP contribution in [0.15, 0.2) is 79.1 Å². The fraction of sp³-hybridized carbons (Fsp3) is 0.231. The number of benzene rings is 3. The third-order valence-electron chi connectivity index (χ3n) is 9.72. The lowest BCUT2D eigenvalue weighted by Crippen LogP contribution is -2.38. The lowest BCUT2D eigenvalue weighted by Gasteiger charge is -2.18. The predicted octanol–water partition coefficient (Wildman–Crippen LogP) is 7.93. The van der Waals surface area contributed by atoms with Crippen molar-refractivity contribution in [2.24, 2.45) is 14.1 Å². The van der Waals surface area contributed by atoms with Crippen LogP contribution in [-0.4, -0.2) is 19.1 Å². The van der Waals surface area contributed by atoms with Crippen molar-refractivity contribution in [1.82, 2.24) is 19.1 Å². The minimum Gasteiger partial charge on any atom is -0.453 e. The highest BCUT2D eigenvalue weighted by Gasteiger charge is 2.29. The summed E-state index contributed by atoms with van der Waals surface area (Å²) in [6, 6.07) is 23.7. The van der Waals surface area contributed by atoms with Gasteiger partial charge in [-0.2, -0.15) is 4.40 Å². The summed E-state index contributed by atoms with van der Waals surface area (Å²) in [5.41, 5.74) is 12.9. The molecule has 7 nitrogen and oxygen atoms in total. The number of pyridine rings is 3. The molecule has 5 aromatic heterocycles. The molecule has 0 aliphatic carbocycles. The number of hydrogen-bond donors (Lipinski definition) is 0. The lowest BCUT2D eigenvalue weighted by atomic mass is 9.95. The Morgan fingerprint density at radius 2 is 1.48 bits per heavy atom. The molecular formula is C39H38N6O+2. The van der Waals surface area contributed by atoms with Crippen molar-refractivity contribution < 1.29 is 14.0 Å². The van der Waals surface area contributed by atoms with Crippen molar-refractivity contribution in [3.8, 4) is 17.2 Å². The number of imidazole rings is 1. The first kappa shape index (κ1) is 28.2. The van der Waals surface area contributed by atoms with E-state index in [0.29, 0.717) is 5.92 Å². The van der Waals surface area contributed by atoms with Crippen LogP contribution in [0.25, 0.3) is 55.1 Å². The fourth-order valence-corrected chi connectivity index (χ4v) is 7.52. The largest absolute Gasteiger partial charge is 0.453 e. The molecule has 0 bridgehead atoms. The van der Waals surface area contributed by atoms with Gasteiger partial charge in [-0.15, -0.1) is 9.36 Å². The van der Waals surface area contributed by atoms with Crippen LogP contribution in [0.4, 0.5) is 0 Å². The molecule has 8 rings (SSSR count). The summed E-state index contributed by atoms with van der Waals surface area (Å²) in [7, 11) is 4.23. The van der Waals surface area contributed by atoms with Crippen LogP contribution < -0.4 is 14.0 Å². The topological polar surface area (TPSA) is 52.1 Å². The first-order chi connectivity index (χ1) is 22.2. The van der Waals surface area contributed by atoms with E-state index in [9.17, 15) is 0 Å². The molecule has 0 saturated heterocycles. The van der Waals surface area contributed by atoms with Gasteiger partial charge in [0.15, 0.2) is 23.8 Å². The number of fused-ring (bicyclic) bond motifs is 9. The van der Waals surface area contributed by atoms with Crippen LogP contribution in [0.3, 0.4) is 0 Å². The summed E-state index contributed by atoms with van der Waals surface area (Å²) in [4.78, 5) is 10.2. The second kappa shape index (κ2) is 10.1. The van der Waals surface area contributed by atoms with Crippen molar-refractivity contribution >= 4 is 49.4 Å². The van der Waals surface area contributed by atoms with Gasteiger partial charge >= 0.3 is 0 Å². The molecular weight excluding hydrogens is 568 g/mol. The molecule has 0 unspecified atom stereocenters. The van der Waals surface area contributed by atoms with Crippen LogP contribution in [0.5, 0.6) is 11.5 Å². The van der Waals surface area contributed by atoms with E-state index in [1.165, 1.54) is 27.4 Å². The van der Waals surface area contributed by atoms with Gasteiger partial charge in [0.25, 0.3) is 5.65 Å². The average molecular weight is 607 g/mol. The quantitative estimate of drug-likeness (QED) is 0.151. The number of rotatable bonds is 4. The van der Waals surface area contributed by atoms with Crippen LogP contribution >= 0.6 is 0 Å². The molecule has 8 aromatic rings. The fourth-order valence-electron chi connectivity index (χ4n) is 7.52. The molecule has 5 heterocycles. The van der Waals surface area contributed by atoms with E-state index < -0.39 is 0 Å². The Morgan fingerprint density at radius 1 is 0.761 bits per heavy atom. The SMILES string of the molecule is Cc1nc(C)c(-n2cc3ccccc3[n+]2C)c(C)c1Oc1cnc2c3c(C(C)C)cccc3n3c4ccccc4[n+](C)c3c2c1C. The van der Waals surface area contributed by atoms with Crippen molar-refractivity contribution in [2.45, 2.75) is 47.5 Å². The van der Waals surface area contributed by atoms with Crippen LogP contribution in [-0.2, 0) is 14.1 Å². The van der Waals surface area contributed by atoms with Gasteiger partial charge in [0.1, 0.15) is 17.0 Å². The number of aromatic nitrogens is 6. The number of ether oxygens (including phenoxy) is 1. The second-order valence-corrected chi connectivity index (χ2v) is 12.8. The van der Waals surface area contributed by atoms with Crippen LogP contribution in [0.2, 0.25) is 0 Å². The van der Waals surface area contributed by atoms with E-state index in [4.69, 9.17) is 14.7 Å². The highest BCUT2D eigenvalue weighted by atomic mass is 16.5. The van der Waals surface area contributed by atoms with Gasteiger partial charge in [-0.3, -0.25) is 9.97 Å². The predicted molar refractivity (Wildman–Crippen MR) is 184 cm³/mol. The number of para-hydroxylation sites is 3. The highest BCUT2D eigenvalue weighted by molar-refractivity contribution is 6.13. The molecule has 46 heavy (non-hydrogen) atoms. The molecule has 0 radical (unpaired) electrons. The van der Waals surface area contributed by atoms with Crippen LogP contribution in [0, 0.1) is 27.7 Å². The molecule has 7 heteroatoms. The number of hydrogen-bond acceptors (Lipinski definition) is 3. The second-order valence-electron chi connectivity index (χ2n) is 12.8. The van der Waals surface area contributed by atoms with E-state index in [1.807, 2.05) is 13.1 Å². The monoisotopic (exact) mass is 606 g/mol. The van der Waals surface area contributed by atoms with Gasteiger partial charge in [0.05, 0.1) is 52.5 Å². The summed E-state index contributed by atoms with van der Waals surface area (Å²) in [6.07, 6.45) is 4.06. The molecule has 228 valence electrons. The Balaban J connectivity index is 1.41. The Kier molecular flexibility index (Phi) is 6.19. The zero-order valence-corrected chi connectivity index (χ0v) is 27.7. The van der Waals surface area contributed by atoms with Crippen molar-refractivity contribution in [3.63, 3.8) is 0 Å². The average Bonchev–Trinajstić information content (AvgIpc) is 3.53. The molecule has 0 amide bonds. The first-order valence-corrected chi connectivity index (χ1v) is 15.9. The molecule has 0 atom stereocenters. The van der Waals surface area contributed by atoms with Crippen molar-refractivity contribution in [1.29, 1.82) is 0 Å². The maximum absolute atomic E-state index is 6.90. The molecule has 0 fully saturated rings. The van der Waals surface area contributed by atoms with E-state index in [1.54, 1.807) is 0 Å². The maximum Gasteiger partial charge on any atom is 0.297 e. The Morgan fingerprint density at radius 3 is 2.24 bits per heavy atom.